The van der Waals surface area contributed by atoms with Crippen molar-refractivity contribution < 1.29 is 9.72 Å². The van der Waals surface area contributed by atoms with Gasteiger partial charge in [-0.2, -0.15) is 5.10 Å². The van der Waals surface area contributed by atoms with Crippen molar-refractivity contribution in [2.75, 3.05) is 31.1 Å². The highest BCUT2D eigenvalue weighted by molar-refractivity contribution is 5.95. The van der Waals surface area contributed by atoms with Crippen LogP contribution in [0, 0.1) is 24.0 Å². The van der Waals surface area contributed by atoms with E-state index in [0.717, 1.165) is 17.2 Å². The molecule has 154 valence electrons. The second-order valence-electron chi connectivity index (χ2n) is 7.18. The van der Waals surface area contributed by atoms with Gasteiger partial charge >= 0.3 is 0 Å². The van der Waals surface area contributed by atoms with E-state index in [1.807, 2.05) is 32.0 Å². The standard InChI is InChI=1S/C20H21N7O3/c1-14-12-15(2)26(23-14)19-7-6-18(21-22-19)24-8-10-25(11-9-24)20(28)16-4-3-5-17(13-16)27(29)30/h3-7,12-13H,8-11H2,1-2H3. The monoisotopic (exact) mass is 407 g/mol. The third kappa shape index (κ3) is 3.84. The zero-order valence-electron chi connectivity index (χ0n) is 16.7. The number of carbonyl (C=O) groups excluding carboxylic acids is 1. The second kappa shape index (κ2) is 7.90. The average molecular weight is 407 g/mol. The van der Waals surface area contributed by atoms with Crippen molar-refractivity contribution in [3.8, 4) is 5.82 Å². The summed E-state index contributed by atoms with van der Waals surface area (Å²) in [6, 6.07) is 11.6. The number of anilines is 1. The molecule has 0 radical (unpaired) electrons. The molecule has 1 fully saturated rings. The van der Waals surface area contributed by atoms with Crippen molar-refractivity contribution in [1.82, 2.24) is 24.9 Å². The Morgan fingerprint density at radius 1 is 1.00 bits per heavy atom. The zero-order chi connectivity index (χ0) is 21.3. The highest BCUT2D eigenvalue weighted by atomic mass is 16.6. The van der Waals surface area contributed by atoms with Crippen molar-refractivity contribution in [3.63, 3.8) is 0 Å². The molecule has 1 aliphatic rings. The summed E-state index contributed by atoms with van der Waals surface area (Å²) >= 11 is 0. The maximum atomic E-state index is 12.7. The predicted molar refractivity (Wildman–Crippen MR) is 110 cm³/mol. The van der Waals surface area contributed by atoms with E-state index in [-0.39, 0.29) is 11.6 Å². The number of carbonyl (C=O) groups is 1. The number of nitro groups is 1. The minimum Gasteiger partial charge on any atom is -0.352 e. The molecule has 0 atom stereocenters. The summed E-state index contributed by atoms with van der Waals surface area (Å²) in [5.41, 5.74) is 2.15. The molecule has 1 saturated heterocycles. The summed E-state index contributed by atoms with van der Waals surface area (Å²) in [5, 5.41) is 24.0. The predicted octanol–water partition coefficient (Wildman–Crippen LogP) is 2.15. The summed E-state index contributed by atoms with van der Waals surface area (Å²) < 4.78 is 1.75. The zero-order valence-corrected chi connectivity index (χ0v) is 16.7. The van der Waals surface area contributed by atoms with Crippen molar-refractivity contribution in [2.24, 2.45) is 0 Å². The van der Waals surface area contributed by atoms with E-state index >= 15 is 0 Å². The minimum absolute atomic E-state index is 0.0857. The number of aryl methyl sites for hydroxylation is 2. The van der Waals surface area contributed by atoms with Gasteiger partial charge in [-0.05, 0) is 38.1 Å². The molecule has 0 N–H and O–H groups in total. The van der Waals surface area contributed by atoms with Crippen LogP contribution in [0.15, 0.2) is 42.5 Å². The second-order valence-corrected chi connectivity index (χ2v) is 7.18. The van der Waals surface area contributed by atoms with Gasteiger partial charge in [-0.25, -0.2) is 4.68 Å². The van der Waals surface area contributed by atoms with E-state index in [1.165, 1.54) is 18.2 Å². The Labute approximate surface area is 172 Å². The summed E-state index contributed by atoms with van der Waals surface area (Å²) in [5.74, 6) is 1.19. The summed E-state index contributed by atoms with van der Waals surface area (Å²) in [7, 11) is 0. The van der Waals surface area contributed by atoms with Gasteiger partial charge in [0.05, 0.1) is 10.6 Å². The minimum atomic E-state index is -0.497. The van der Waals surface area contributed by atoms with Gasteiger partial charge in [0.2, 0.25) is 0 Å². The number of non-ortho nitro benzene ring substituents is 1. The SMILES string of the molecule is Cc1cc(C)n(-c2ccc(N3CCN(C(=O)c4cccc([N+](=O)[O-])c4)CC3)nn2)n1. The van der Waals surface area contributed by atoms with Gasteiger partial charge in [-0.3, -0.25) is 14.9 Å². The van der Waals surface area contributed by atoms with Gasteiger partial charge in [-0.1, -0.05) is 6.07 Å². The van der Waals surface area contributed by atoms with Crippen LogP contribution in [0.5, 0.6) is 0 Å². The van der Waals surface area contributed by atoms with Crippen LogP contribution < -0.4 is 4.90 Å². The van der Waals surface area contributed by atoms with Crippen LogP contribution in [0.1, 0.15) is 21.7 Å². The van der Waals surface area contributed by atoms with Gasteiger partial charge in [0, 0.05) is 49.6 Å². The quantitative estimate of drug-likeness (QED) is 0.481. The van der Waals surface area contributed by atoms with Gasteiger partial charge in [-0.15, -0.1) is 10.2 Å². The van der Waals surface area contributed by atoms with E-state index in [9.17, 15) is 14.9 Å². The first-order valence-corrected chi connectivity index (χ1v) is 9.58. The van der Waals surface area contributed by atoms with Crippen LogP contribution in [-0.2, 0) is 0 Å². The highest BCUT2D eigenvalue weighted by Crippen LogP contribution is 2.18. The number of amides is 1. The Bertz CT molecular complexity index is 1090. The lowest BCUT2D eigenvalue weighted by atomic mass is 10.1. The number of hydrogen-bond acceptors (Lipinski definition) is 7. The number of nitrogens with zero attached hydrogens (tertiary/aromatic N) is 7. The highest BCUT2D eigenvalue weighted by Gasteiger charge is 2.24. The van der Waals surface area contributed by atoms with Crippen LogP contribution >= 0.6 is 0 Å². The lowest BCUT2D eigenvalue weighted by Gasteiger charge is -2.35. The molecule has 10 nitrogen and oxygen atoms in total. The van der Waals surface area contributed by atoms with Crippen molar-refractivity contribution in [1.29, 1.82) is 0 Å². The van der Waals surface area contributed by atoms with Crippen molar-refractivity contribution in [2.45, 2.75) is 13.8 Å². The molecule has 1 aliphatic heterocycles. The summed E-state index contributed by atoms with van der Waals surface area (Å²) in [6.45, 7) is 6.11. The van der Waals surface area contributed by atoms with E-state index in [1.54, 1.807) is 15.6 Å². The Balaban J connectivity index is 1.41. The first kappa shape index (κ1) is 19.5. The lowest BCUT2D eigenvalue weighted by Crippen LogP contribution is -2.49. The smallest absolute Gasteiger partial charge is 0.270 e. The third-order valence-corrected chi connectivity index (χ3v) is 5.06. The molecular weight excluding hydrogens is 386 g/mol. The lowest BCUT2D eigenvalue weighted by molar-refractivity contribution is -0.384. The third-order valence-electron chi connectivity index (χ3n) is 5.06. The van der Waals surface area contributed by atoms with E-state index in [0.29, 0.717) is 37.6 Å². The van der Waals surface area contributed by atoms with Gasteiger partial charge in [0.1, 0.15) is 0 Å². The van der Waals surface area contributed by atoms with Gasteiger partial charge in [0.15, 0.2) is 11.6 Å². The summed E-state index contributed by atoms with van der Waals surface area (Å²) in [6.07, 6.45) is 0. The van der Waals surface area contributed by atoms with E-state index in [2.05, 4.69) is 20.2 Å². The Morgan fingerprint density at radius 3 is 2.30 bits per heavy atom. The number of nitro benzene ring substituents is 1. The molecule has 0 aliphatic carbocycles. The Kier molecular flexibility index (Phi) is 5.13. The van der Waals surface area contributed by atoms with E-state index in [4.69, 9.17) is 0 Å². The van der Waals surface area contributed by atoms with Crippen molar-refractivity contribution in [3.05, 3.63) is 69.5 Å². The number of hydrogen-bond donors (Lipinski definition) is 0. The average Bonchev–Trinajstić information content (AvgIpc) is 3.11. The Hall–Kier alpha value is -3.82. The number of piperazine rings is 1. The fraction of sp³-hybridized carbons (Fsp3) is 0.300. The van der Waals surface area contributed by atoms with Crippen LogP contribution in [-0.4, -0.2) is 61.9 Å². The molecule has 1 amide bonds. The molecule has 0 bridgehead atoms. The topological polar surface area (TPSA) is 110 Å². The van der Waals surface area contributed by atoms with Gasteiger partial charge < -0.3 is 9.80 Å². The van der Waals surface area contributed by atoms with Crippen LogP contribution in [0.2, 0.25) is 0 Å². The van der Waals surface area contributed by atoms with Crippen LogP contribution in [0.3, 0.4) is 0 Å². The molecule has 0 unspecified atom stereocenters. The van der Waals surface area contributed by atoms with Crippen LogP contribution in [0.25, 0.3) is 5.82 Å². The van der Waals surface area contributed by atoms with Crippen molar-refractivity contribution >= 4 is 17.4 Å². The molecule has 0 spiro atoms. The molecule has 30 heavy (non-hydrogen) atoms. The molecule has 3 aromatic rings. The molecule has 3 heterocycles. The molecular formula is C20H21N7O3. The molecule has 4 rings (SSSR count). The summed E-state index contributed by atoms with van der Waals surface area (Å²) in [4.78, 5) is 26.9. The maximum absolute atomic E-state index is 12.7. The van der Waals surface area contributed by atoms with Gasteiger partial charge in [0.25, 0.3) is 11.6 Å². The normalized spacial score (nSPS) is 14.1. The molecule has 10 heteroatoms. The molecule has 1 aromatic carbocycles. The Morgan fingerprint density at radius 2 is 1.70 bits per heavy atom. The molecule has 2 aromatic heterocycles. The van der Waals surface area contributed by atoms with Crippen LogP contribution in [0.4, 0.5) is 11.5 Å². The maximum Gasteiger partial charge on any atom is 0.270 e. The largest absolute Gasteiger partial charge is 0.352 e. The number of aromatic nitrogens is 4. The first-order chi connectivity index (χ1) is 14.4. The first-order valence-electron chi connectivity index (χ1n) is 9.58. The molecule has 0 saturated carbocycles. The van der Waals surface area contributed by atoms with E-state index < -0.39 is 4.92 Å². The number of benzene rings is 1. The fourth-order valence-electron chi connectivity index (χ4n) is 3.53. The number of rotatable bonds is 4. The fourth-order valence-corrected chi connectivity index (χ4v) is 3.53.